The molecule has 0 saturated carbocycles. The van der Waals surface area contributed by atoms with Gasteiger partial charge >= 0.3 is 11.8 Å². The minimum Gasteiger partial charge on any atom is -0.337 e. The Labute approximate surface area is 194 Å². The lowest BCUT2D eigenvalue weighted by atomic mass is 9.98. The topological polar surface area (TPSA) is 78.5 Å². The van der Waals surface area contributed by atoms with Crippen molar-refractivity contribution in [1.29, 1.82) is 0 Å². The Morgan fingerprint density at radius 1 is 0.938 bits per heavy atom. The number of rotatable bonds is 5. The predicted molar refractivity (Wildman–Crippen MR) is 126 cm³/mol. The van der Waals surface area contributed by atoms with Gasteiger partial charge in [-0.2, -0.15) is 0 Å². The van der Waals surface area contributed by atoms with E-state index in [0.717, 1.165) is 21.3 Å². The molecule has 1 aliphatic heterocycles. The van der Waals surface area contributed by atoms with Gasteiger partial charge in [-0.05, 0) is 36.2 Å². The van der Waals surface area contributed by atoms with Crippen molar-refractivity contribution in [3.63, 3.8) is 0 Å². The van der Waals surface area contributed by atoms with Gasteiger partial charge in [-0.15, -0.1) is 0 Å². The van der Waals surface area contributed by atoms with Crippen molar-refractivity contribution in [2.75, 3.05) is 11.4 Å². The van der Waals surface area contributed by atoms with Crippen molar-refractivity contribution in [3.8, 4) is 0 Å². The first-order chi connectivity index (χ1) is 15.5. The van der Waals surface area contributed by atoms with Gasteiger partial charge in [0, 0.05) is 22.3 Å². The van der Waals surface area contributed by atoms with Gasteiger partial charge in [0.1, 0.15) is 6.04 Å². The molecule has 0 unspecified atom stereocenters. The van der Waals surface area contributed by atoms with Gasteiger partial charge in [0.25, 0.3) is 5.91 Å². The molecule has 4 rings (SSSR count). The van der Waals surface area contributed by atoms with Gasteiger partial charge in [-0.25, -0.2) is 0 Å². The first-order valence-electron chi connectivity index (χ1n) is 10.3. The molecule has 3 aromatic rings. The highest BCUT2D eigenvalue weighted by Gasteiger charge is 2.38. The highest BCUT2D eigenvalue weighted by Crippen LogP contribution is 2.37. The molecule has 1 aliphatic rings. The lowest BCUT2D eigenvalue weighted by molar-refractivity contribution is -0.140. The molecule has 0 bridgehead atoms. The van der Waals surface area contributed by atoms with E-state index in [2.05, 4.69) is 26.6 Å². The number of carbonyl (C=O) groups is 3. The fraction of sp³-hybridized carbons (Fsp3) is 0.160. The number of carbonyl (C=O) groups excluding carboxylic acids is 3. The SMILES string of the molecule is CCN1C(=O)[C@H](NC(=O)C(=O)NC(c2ccccc2)c2ccccc2)c2cc(Br)ccc21. The molecular weight excluding hydrogens is 470 g/mol. The second kappa shape index (κ2) is 9.36. The summed E-state index contributed by atoms with van der Waals surface area (Å²) in [6, 6.07) is 22.9. The van der Waals surface area contributed by atoms with Crippen LogP contribution in [0, 0.1) is 0 Å². The Kier molecular flexibility index (Phi) is 6.37. The Morgan fingerprint density at radius 3 is 2.09 bits per heavy atom. The number of anilines is 1. The molecule has 3 amide bonds. The quantitative estimate of drug-likeness (QED) is 0.531. The molecule has 0 spiro atoms. The summed E-state index contributed by atoms with van der Waals surface area (Å²) in [5.74, 6) is -1.92. The van der Waals surface area contributed by atoms with Gasteiger partial charge < -0.3 is 15.5 Å². The molecule has 0 aromatic heterocycles. The predicted octanol–water partition coefficient (Wildman–Crippen LogP) is 3.88. The third-order valence-electron chi connectivity index (χ3n) is 5.44. The zero-order valence-corrected chi connectivity index (χ0v) is 19.0. The maximum atomic E-state index is 12.9. The van der Waals surface area contributed by atoms with Gasteiger partial charge in [-0.1, -0.05) is 76.6 Å². The molecule has 7 heteroatoms. The standard InChI is InChI=1S/C25H22BrN3O3/c1-2-29-20-14-13-18(26)15-19(20)22(25(29)32)28-24(31)23(30)27-21(16-9-5-3-6-10-16)17-11-7-4-8-12-17/h3-15,21-22H,2H2,1H3,(H,27,30)(H,28,31)/t22-/m1/s1. The van der Waals surface area contributed by atoms with Gasteiger partial charge in [0.15, 0.2) is 0 Å². The summed E-state index contributed by atoms with van der Waals surface area (Å²) in [5, 5.41) is 5.43. The van der Waals surface area contributed by atoms with E-state index in [1.807, 2.05) is 79.7 Å². The lowest BCUT2D eigenvalue weighted by Crippen LogP contribution is -2.45. The summed E-state index contributed by atoms with van der Waals surface area (Å²) < 4.78 is 0.791. The molecule has 2 N–H and O–H groups in total. The van der Waals surface area contributed by atoms with Crippen molar-refractivity contribution in [2.24, 2.45) is 0 Å². The van der Waals surface area contributed by atoms with E-state index in [9.17, 15) is 14.4 Å². The molecule has 6 nitrogen and oxygen atoms in total. The molecule has 0 fully saturated rings. The Morgan fingerprint density at radius 2 is 1.53 bits per heavy atom. The second-order valence-electron chi connectivity index (χ2n) is 7.42. The normalized spacial score (nSPS) is 14.9. The number of halogens is 1. The van der Waals surface area contributed by atoms with Crippen LogP contribution < -0.4 is 15.5 Å². The first kappa shape index (κ1) is 21.8. The average Bonchev–Trinajstić information content (AvgIpc) is 3.08. The van der Waals surface area contributed by atoms with Gasteiger partial charge in [-0.3, -0.25) is 14.4 Å². The number of likely N-dealkylation sites (N-methyl/N-ethyl adjacent to an activating group) is 1. The van der Waals surface area contributed by atoms with Crippen molar-refractivity contribution in [1.82, 2.24) is 10.6 Å². The summed E-state index contributed by atoms with van der Waals surface area (Å²) in [4.78, 5) is 40.2. The van der Waals surface area contributed by atoms with Crippen molar-refractivity contribution >= 4 is 39.3 Å². The molecule has 32 heavy (non-hydrogen) atoms. The Hall–Kier alpha value is -3.45. The molecule has 0 radical (unpaired) electrons. The highest BCUT2D eigenvalue weighted by molar-refractivity contribution is 9.10. The van der Waals surface area contributed by atoms with Crippen LogP contribution in [0.25, 0.3) is 0 Å². The zero-order valence-electron chi connectivity index (χ0n) is 17.4. The lowest BCUT2D eigenvalue weighted by Gasteiger charge is -2.20. The van der Waals surface area contributed by atoms with E-state index < -0.39 is 23.9 Å². The summed E-state index contributed by atoms with van der Waals surface area (Å²) in [5.41, 5.74) is 3.10. The zero-order chi connectivity index (χ0) is 22.7. The Balaban J connectivity index is 1.55. The minimum absolute atomic E-state index is 0.260. The van der Waals surface area contributed by atoms with Crippen LogP contribution in [0.5, 0.6) is 0 Å². The first-order valence-corrected chi connectivity index (χ1v) is 11.1. The van der Waals surface area contributed by atoms with E-state index >= 15 is 0 Å². The molecule has 0 saturated heterocycles. The average molecular weight is 492 g/mol. The van der Waals surface area contributed by atoms with Crippen LogP contribution in [0.2, 0.25) is 0 Å². The van der Waals surface area contributed by atoms with E-state index in [4.69, 9.17) is 0 Å². The molecule has 3 aromatic carbocycles. The summed E-state index contributed by atoms with van der Waals surface area (Å²) in [6.07, 6.45) is 0. The van der Waals surface area contributed by atoms with Crippen LogP contribution in [-0.4, -0.2) is 24.3 Å². The van der Waals surface area contributed by atoms with Crippen molar-refractivity contribution in [2.45, 2.75) is 19.0 Å². The molecular formula is C25H22BrN3O3. The number of fused-ring (bicyclic) bond motifs is 1. The maximum Gasteiger partial charge on any atom is 0.310 e. The third kappa shape index (κ3) is 4.29. The van der Waals surface area contributed by atoms with Crippen LogP contribution in [0.4, 0.5) is 5.69 Å². The van der Waals surface area contributed by atoms with Crippen LogP contribution in [0.1, 0.15) is 35.7 Å². The fourth-order valence-electron chi connectivity index (χ4n) is 3.92. The monoisotopic (exact) mass is 491 g/mol. The van der Waals surface area contributed by atoms with Crippen molar-refractivity contribution < 1.29 is 14.4 Å². The molecule has 1 heterocycles. The van der Waals surface area contributed by atoms with E-state index in [1.165, 1.54) is 0 Å². The highest BCUT2D eigenvalue weighted by atomic mass is 79.9. The third-order valence-corrected chi connectivity index (χ3v) is 5.94. The van der Waals surface area contributed by atoms with Crippen LogP contribution in [-0.2, 0) is 14.4 Å². The second-order valence-corrected chi connectivity index (χ2v) is 8.34. The Bertz CT molecular complexity index is 1110. The van der Waals surface area contributed by atoms with Crippen LogP contribution >= 0.6 is 15.9 Å². The fourth-order valence-corrected chi connectivity index (χ4v) is 4.30. The van der Waals surface area contributed by atoms with Gasteiger partial charge in [0.05, 0.1) is 6.04 Å². The van der Waals surface area contributed by atoms with Gasteiger partial charge in [0.2, 0.25) is 0 Å². The number of nitrogens with zero attached hydrogens (tertiary/aromatic N) is 1. The summed E-state index contributed by atoms with van der Waals surface area (Å²) >= 11 is 3.41. The molecule has 1 atom stereocenters. The van der Waals surface area contributed by atoms with Crippen LogP contribution in [0.15, 0.2) is 83.3 Å². The van der Waals surface area contributed by atoms with E-state index in [1.54, 1.807) is 11.0 Å². The number of amides is 3. The number of nitrogens with one attached hydrogen (secondary N) is 2. The minimum atomic E-state index is -0.910. The summed E-state index contributed by atoms with van der Waals surface area (Å²) in [7, 11) is 0. The number of benzene rings is 3. The van der Waals surface area contributed by atoms with E-state index in [-0.39, 0.29) is 5.91 Å². The molecule has 0 aliphatic carbocycles. The van der Waals surface area contributed by atoms with E-state index in [0.29, 0.717) is 12.1 Å². The smallest absolute Gasteiger partial charge is 0.310 e. The largest absolute Gasteiger partial charge is 0.337 e. The number of hydrogen-bond donors (Lipinski definition) is 2. The van der Waals surface area contributed by atoms with Crippen LogP contribution in [0.3, 0.4) is 0 Å². The molecule has 162 valence electrons. The summed E-state index contributed by atoms with van der Waals surface area (Å²) in [6.45, 7) is 2.33. The van der Waals surface area contributed by atoms with Crippen molar-refractivity contribution in [3.05, 3.63) is 100 Å². The maximum absolute atomic E-state index is 12.9. The number of hydrogen-bond acceptors (Lipinski definition) is 3.